The van der Waals surface area contributed by atoms with Crippen molar-refractivity contribution in [3.63, 3.8) is 0 Å². The van der Waals surface area contributed by atoms with Gasteiger partial charge in [0.25, 0.3) is 5.54 Å². The molecule has 0 saturated carbocycles. The molecule has 0 heterocycles. The molecule has 0 aromatic rings. The van der Waals surface area contributed by atoms with Crippen molar-refractivity contribution < 1.29 is 14.4 Å². The minimum Gasteiger partial charge on any atom is -0.491 e. The first kappa shape index (κ1) is 18.5. The summed E-state index contributed by atoms with van der Waals surface area (Å²) < 4.78 is 10.6. The van der Waals surface area contributed by atoms with Gasteiger partial charge in [-0.2, -0.15) is 10.5 Å². The standard InChI is InChI=1S/C14H19N3O4/c1-12(6-4-8-15)20-10-14(3,17(18)19)11-21-13(2)7-5-9-16/h6-7H,4-5,10-11H2,1-3H3/b12-6-,13-7+. The Morgan fingerprint density at radius 3 is 1.81 bits per heavy atom. The summed E-state index contributed by atoms with van der Waals surface area (Å²) in [7, 11) is 0. The van der Waals surface area contributed by atoms with Crippen LogP contribution < -0.4 is 0 Å². The molecule has 0 aliphatic heterocycles. The lowest BCUT2D eigenvalue weighted by atomic mass is 10.1. The maximum absolute atomic E-state index is 11.2. The van der Waals surface area contributed by atoms with Crippen LogP contribution in [0.25, 0.3) is 0 Å². The lowest BCUT2D eigenvalue weighted by molar-refractivity contribution is -0.572. The van der Waals surface area contributed by atoms with E-state index in [1.165, 1.54) is 6.92 Å². The SMILES string of the molecule is C/C(=C/CC#N)OCC(C)(CO/C(C)=C/CC#N)[N+](=O)[O-]. The molecule has 1 atom stereocenters. The van der Waals surface area contributed by atoms with E-state index in [0.29, 0.717) is 11.5 Å². The van der Waals surface area contributed by atoms with Gasteiger partial charge in [0.05, 0.1) is 36.5 Å². The van der Waals surface area contributed by atoms with E-state index in [1.807, 2.05) is 12.1 Å². The van der Waals surface area contributed by atoms with Gasteiger partial charge in [0.15, 0.2) is 13.2 Å². The molecule has 0 spiro atoms. The van der Waals surface area contributed by atoms with Crippen molar-refractivity contribution in [3.8, 4) is 12.1 Å². The van der Waals surface area contributed by atoms with E-state index >= 15 is 0 Å². The average molecular weight is 293 g/mol. The fourth-order valence-corrected chi connectivity index (χ4v) is 1.18. The number of hydrogen-bond acceptors (Lipinski definition) is 6. The molecule has 0 bridgehead atoms. The second-order valence-electron chi connectivity index (χ2n) is 4.69. The zero-order chi connectivity index (χ0) is 16.3. The van der Waals surface area contributed by atoms with Crippen molar-refractivity contribution in [2.45, 2.75) is 39.2 Å². The van der Waals surface area contributed by atoms with Crippen molar-refractivity contribution in [1.29, 1.82) is 10.5 Å². The third-order valence-electron chi connectivity index (χ3n) is 2.62. The lowest BCUT2D eigenvalue weighted by Gasteiger charge is -2.22. The second kappa shape index (κ2) is 9.38. The number of ether oxygens (including phenoxy) is 2. The van der Waals surface area contributed by atoms with E-state index in [1.54, 1.807) is 26.0 Å². The molecular weight excluding hydrogens is 274 g/mol. The minimum absolute atomic E-state index is 0.167. The lowest BCUT2D eigenvalue weighted by Crippen LogP contribution is -2.44. The van der Waals surface area contributed by atoms with Crippen LogP contribution in [0.2, 0.25) is 0 Å². The average Bonchev–Trinajstić information content (AvgIpc) is 2.46. The van der Waals surface area contributed by atoms with Gasteiger partial charge in [-0.25, -0.2) is 0 Å². The number of nitriles is 2. The van der Waals surface area contributed by atoms with Crippen molar-refractivity contribution in [1.82, 2.24) is 0 Å². The highest BCUT2D eigenvalue weighted by Crippen LogP contribution is 2.15. The molecule has 0 amide bonds. The number of rotatable bonds is 9. The van der Waals surface area contributed by atoms with Crippen LogP contribution in [0.1, 0.15) is 33.6 Å². The summed E-state index contributed by atoms with van der Waals surface area (Å²) in [5.74, 6) is 0.919. The van der Waals surface area contributed by atoms with Crippen molar-refractivity contribution in [2.75, 3.05) is 13.2 Å². The summed E-state index contributed by atoms with van der Waals surface area (Å²) in [6.45, 7) is 4.36. The molecule has 1 unspecified atom stereocenters. The Kier molecular flexibility index (Phi) is 8.24. The van der Waals surface area contributed by atoms with Gasteiger partial charge in [-0.1, -0.05) is 0 Å². The van der Waals surface area contributed by atoms with Crippen LogP contribution in [0.5, 0.6) is 0 Å². The van der Waals surface area contributed by atoms with E-state index in [0.717, 1.165) is 0 Å². The van der Waals surface area contributed by atoms with E-state index in [4.69, 9.17) is 20.0 Å². The topological polar surface area (TPSA) is 109 Å². The fourth-order valence-electron chi connectivity index (χ4n) is 1.18. The summed E-state index contributed by atoms with van der Waals surface area (Å²) in [6, 6.07) is 3.86. The molecule has 0 radical (unpaired) electrons. The summed E-state index contributed by atoms with van der Waals surface area (Å²) in [6.07, 6.45) is 3.49. The summed E-state index contributed by atoms with van der Waals surface area (Å²) in [5, 5.41) is 28.1. The molecule has 21 heavy (non-hydrogen) atoms. The summed E-state index contributed by atoms with van der Waals surface area (Å²) in [4.78, 5) is 10.7. The molecule has 0 rings (SSSR count). The van der Waals surface area contributed by atoms with Gasteiger partial charge < -0.3 is 9.47 Å². The first-order valence-electron chi connectivity index (χ1n) is 6.33. The van der Waals surface area contributed by atoms with E-state index in [9.17, 15) is 10.1 Å². The van der Waals surface area contributed by atoms with Crippen molar-refractivity contribution in [3.05, 3.63) is 33.8 Å². The van der Waals surface area contributed by atoms with Crippen LogP contribution in [-0.4, -0.2) is 23.7 Å². The maximum Gasteiger partial charge on any atom is 0.285 e. The molecule has 0 aromatic heterocycles. The third-order valence-corrected chi connectivity index (χ3v) is 2.62. The predicted octanol–water partition coefficient (Wildman–Crippen LogP) is 2.69. The highest BCUT2D eigenvalue weighted by molar-refractivity contribution is 4.97. The Balaban J connectivity index is 4.61. The first-order valence-corrected chi connectivity index (χ1v) is 6.33. The van der Waals surface area contributed by atoms with Gasteiger partial charge in [0, 0.05) is 11.8 Å². The zero-order valence-electron chi connectivity index (χ0n) is 12.5. The van der Waals surface area contributed by atoms with E-state index in [2.05, 4.69) is 0 Å². The Morgan fingerprint density at radius 2 is 1.52 bits per heavy atom. The molecule has 0 saturated heterocycles. The Morgan fingerprint density at radius 1 is 1.14 bits per heavy atom. The predicted molar refractivity (Wildman–Crippen MR) is 75.3 cm³/mol. The van der Waals surface area contributed by atoms with Gasteiger partial charge >= 0.3 is 0 Å². The van der Waals surface area contributed by atoms with Gasteiger partial charge in [0.1, 0.15) is 0 Å². The van der Waals surface area contributed by atoms with Crippen LogP contribution in [0, 0.1) is 32.8 Å². The number of hydrogen-bond donors (Lipinski definition) is 0. The van der Waals surface area contributed by atoms with Crippen LogP contribution >= 0.6 is 0 Å². The summed E-state index contributed by atoms with van der Waals surface area (Å²) in [5.41, 5.74) is -1.41. The first-order chi connectivity index (χ1) is 9.85. The normalized spacial score (nSPS) is 14.5. The highest BCUT2D eigenvalue weighted by atomic mass is 16.6. The monoisotopic (exact) mass is 293 g/mol. The third kappa shape index (κ3) is 7.58. The molecule has 0 aliphatic carbocycles. The Bertz CT molecular complexity index is 461. The van der Waals surface area contributed by atoms with Crippen LogP contribution in [0.3, 0.4) is 0 Å². The second-order valence-corrected chi connectivity index (χ2v) is 4.69. The van der Waals surface area contributed by atoms with Gasteiger partial charge in [-0.3, -0.25) is 10.1 Å². The maximum atomic E-state index is 11.2. The van der Waals surface area contributed by atoms with E-state index < -0.39 is 10.5 Å². The highest BCUT2D eigenvalue weighted by Gasteiger charge is 2.39. The minimum atomic E-state index is -1.41. The van der Waals surface area contributed by atoms with E-state index in [-0.39, 0.29) is 26.1 Å². The Labute approximate surface area is 124 Å². The molecule has 0 N–H and O–H groups in total. The van der Waals surface area contributed by atoms with Gasteiger partial charge in [0.2, 0.25) is 0 Å². The fraction of sp³-hybridized carbons (Fsp3) is 0.571. The van der Waals surface area contributed by atoms with Gasteiger partial charge in [-0.05, 0) is 26.0 Å². The molecule has 0 fully saturated rings. The molecule has 0 aliphatic rings. The summed E-state index contributed by atoms with van der Waals surface area (Å²) >= 11 is 0. The van der Waals surface area contributed by atoms with Crippen LogP contribution in [0.4, 0.5) is 0 Å². The number of allylic oxidation sites excluding steroid dienone is 4. The van der Waals surface area contributed by atoms with Crippen LogP contribution in [0.15, 0.2) is 23.7 Å². The van der Waals surface area contributed by atoms with Crippen LogP contribution in [-0.2, 0) is 9.47 Å². The largest absolute Gasteiger partial charge is 0.491 e. The number of nitrogens with zero attached hydrogens (tertiary/aromatic N) is 3. The molecule has 7 nitrogen and oxygen atoms in total. The number of nitro groups is 1. The van der Waals surface area contributed by atoms with Gasteiger partial charge in [-0.15, -0.1) is 0 Å². The zero-order valence-corrected chi connectivity index (χ0v) is 12.5. The smallest absolute Gasteiger partial charge is 0.285 e. The quantitative estimate of drug-likeness (QED) is 0.367. The van der Waals surface area contributed by atoms with Crippen molar-refractivity contribution in [2.24, 2.45) is 0 Å². The molecule has 114 valence electrons. The van der Waals surface area contributed by atoms with Crippen molar-refractivity contribution >= 4 is 0 Å². The Hall–Kier alpha value is -2.54. The molecule has 0 aromatic carbocycles. The molecule has 7 heteroatoms. The molecular formula is C14H19N3O4.